The highest BCUT2D eigenvalue weighted by atomic mass is 31.1. The molecule has 0 spiro atoms. The fourth-order valence-electron chi connectivity index (χ4n) is 0. The van der Waals surface area contributed by atoms with E-state index in [4.69, 9.17) is 0 Å². The van der Waals surface area contributed by atoms with Crippen LogP contribution in [0.2, 0.25) is 0 Å². The molecule has 0 fully saturated rings. The Kier molecular flexibility index (Phi) is 2.78. The Morgan fingerprint density at radius 3 is 2.00 bits per heavy atom. The number of halogens is 1. The number of rotatable bonds is 1. The molecule has 32 valence electrons. The van der Waals surface area contributed by atoms with Crippen LogP contribution in [0, 0.1) is 0 Å². The van der Waals surface area contributed by atoms with Crippen LogP contribution in [0.25, 0.3) is 0 Å². The van der Waals surface area contributed by atoms with E-state index in [1.54, 1.807) is 6.92 Å². The number of alkyl halides is 1. The fourth-order valence-corrected chi connectivity index (χ4v) is 0. The van der Waals surface area contributed by atoms with Crippen molar-refractivity contribution in [3.05, 3.63) is 0 Å². The maximum Gasteiger partial charge on any atom is 0.113 e. The van der Waals surface area contributed by atoms with Crippen LogP contribution in [0.3, 0.4) is 0 Å². The van der Waals surface area contributed by atoms with Crippen LogP contribution in [0.5, 0.6) is 0 Å². The molecule has 0 saturated carbocycles. The maximum atomic E-state index is 11.4. The van der Waals surface area contributed by atoms with Gasteiger partial charge in [0.2, 0.25) is 0 Å². The normalized spacial score (nSPS) is 17.4. The average molecular weight is 94.1 g/mol. The molecule has 0 aromatic rings. The zero-order valence-corrected chi connectivity index (χ0v) is 4.46. The van der Waals surface area contributed by atoms with Crippen molar-refractivity contribution in [1.82, 2.24) is 0 Å². The molecule has 0 bridgehead atoms. The van der Waals surface area contributed by atoms with Crippen LogP contribution in [-0.4, -0.2) is 12.6 Å². The van der Waals surface area contributed by atoms with Gasteiger partial charge >= 0.3 is 0 Å². The third-order valence-electron chi connectivity index (χ3n) is 0.398. The highest BCUT2D eigenvalue weighted by Gasteiger charge is 1.84. The van der Waals surface area contributed by atoms with E-state index in [1.165, 1.54) is 0 Å². The zero-order valence-electron chi connectivity index (χ0n) is 3.46. The summed E-state index contributed by atoms with van der Waals surface area (Å²) in [5.74, 6) is -0.588. The third-order valence-corrected chi connectivity index (χ3v) is 1.19. The molecule has 0 aromatic heterocycles. The lowest BCUT2D eigenvalue weighted by Crippen LogP contribution is -1.72. The summed E-state index contributed by atoms with van der Waals surface area (Å²) in [6.45, 7) is 3.42. The summed E-state index contributed by atoms with van der Waals surface area (Å²) in [7, 11) is 0.448. The van der Waals surface area contributed by atoms with Crippen LogP contribution in [0.15, 0.2) is 0 Å². The molecule has 0 rings (SSSR count). The summed E-state index contributed by atoms with van der Waals surface area (Å²) in [4.78, 5) is 0. The molecule has 2 unspecified atom stereocenters. The SMILES string of the molecule is CPC(C)F. The minimum absolute atomic E-state index is 0.448. The van der Waals surface area contributed by atoms with Gasteiger partial charge in [-0.15, -0.1) is 0 Å². The monoisotopic (exact) mass is 94.0 g/mol. The molecule has 0 aliphatic rings. The minimum Gasteiger partial charge on any atom is -0.243 e. The fraction of sp³-hybridized carbons (Fsp3) is 1.00. The van der Waals surface area contributed by atoms with Gasteiger partial charge in [-0.2, -0.15) is 0 Å². The summed E-state index contributed by atoms with van der Waals surface area (Å²) in [5.41, 5.74) is 0. The van der Waals surface area contributed by atoms with Gasteiger partial charge in [-0.05, 0) is 13.6 Å². The Labute approximate surface area is 33.5 Å². The lowest BCUT2D eigenvalue weighted by atomic mass is 10.9. The van der Waals surface area contributed by atoms with E-state index in [0.717, 1.165) is 0 Å². The van der Waals surface area contributed by atoms with Gasteiger partial charge in [0.1, 0.15) is 5.91 Å². The number of hydrogen-bond donors (Lipinski definition) is 0. The van der Waals surface area contributed by atoms with E-state index in [0.29, 0.717) is 8.58 Å². The van der Waals surface area contributed by atoms with Crippen molar-refractivity contribution in [3.8, 4) is 0 Å². The van der Waals surface area contributed by atoms with Crippen molar-refractivity contribution in [2.75, 3.05) is 6.66 Å². The summed E-state index contributed by atoms with van der Waals surface area (Å²) < 4.78 is 11.4. The Morgan fingerprint density at radius 2 is 2.00 bits per heavy atom. The standard InChI is InChI=1S/C3H8FP/c1-3(4)5-2/h3,5H,1-2H3. The van der Waals surface area contributed by atoms with E-state index in [-0.39, 0.29) is 0 Å². The second-order valence-electron chi connectivity index (χ2n) is 0.905. The molecule has 0 heterocycles. The third kappa shape index (κ3) is 4.36. The average Bonchev–Trinajstić information content (AvgIpc) is 1.38. The molecular weight excluding hydrogens is 86.0 g/mol. The van der Waals surface area contributed by atoms with Crippen LogP contribution < -0.4 is 0 Å². The minimum atomic E-state index is -0.588. The van der Waals surface area contributed by atoms with Gasteiger partial charge in [-0.3, -0.25) is 0 Å². The zero-order chi connectivity index (χ0) is 4.28. The second kappa shape index (κ2) is 2.59. The first-order valence-electron chi connectivity index (χ1n) is 1.58. The molecule has 2 atom stereocenters. The molecule has 0 radical (unpaired) electrons. The summed E-state index contributed by atoms with van der Waals surface area (Å²) in [6.07, 6.45) is 0. The van der Waals surface area contributed by atoms with E-state index in [9.17, 15) is 4.39 Å². The van der Waals surface area contributed by atoms with Crippen molar-refractivity contribution < 1.29 is 4.39 Å². The van der Waals surface area contributed by atoms with E-state index < -0.39 is 5.91 Å². The Hall–Kier alpha value is 0.360. The van der Waals surface area contributed by atoms with Crippen molar-refractivity contribution in [3.63, 3.8) is 0 Å². The van der Waals surface area contributed by atoms with Gasteiger partial charge in [0.25, 0.3) is 0 Å². The molecule has 0 saturated heterocycles. The predicted molar refractivity (Wildman–Crippen MR) is 24.8 cm³/mol. The Bertz CT molecular complexity index is 20.9. The molecular formula is C3H8FP. The lowest BCUT2D eigenvalue weighted by molar-refractivity contribution is 0.480. The van der Waals surface area contributed by atoms with E-state index in [1.807, 2.05) is 6.66 Å². The largest absolute Gasteiger partial charge is 0.243 e. The molecule has 0 aromatic carbocycles. The quantitative estimate of drug-likeness (QED) is 0.433. The first kappa shape index (κ1) is 5.36. The predicted octanol–water partition coefficient (Wildman–Crippen LogP) is 1.61. The lowest BCUT2D eigenvalue weighted by Gasteiger charge is -1.86. The highest BCUT2D eigenvalue weighted by Crippen LogP contribution is 2.11. The van der Waals surface area contributed by atoms with Gasteiger partial charge in [0.05, 0.1) is 0 Å². The van der Waals surface area contributed by atoms with Gasteiger partial charge in [-0.1, -0.05) is 8.58 Å². The smallest absolute Gasteiger partial charge is 0.113 e. The van der Waals surface area contributed by atoms with E-state index in [2.05, 4.69) is 0 Å². The molecule has 0 nitrogen and oxygen atoms in total. The van der Waals surface area contributed by atoms with Gasteiger partial charge in [0, 0.05) is 0 Å². The maximum absolute atomic E-state index is 11.4. The van der Waals surface area contributed by atoms with Crippen LogP contribution in [0.4, 0.5) is 4.39 Å². The van der Waals surface area contributed by atoms with Gasteiger partial charge in [0.15, 0.2) is 0 Å². The second-order valence-corrected chi connectivity index (χ2v) is 2.28. The first-order valence-corrected chi connectivity index (χ1v) is 3.16. The number of hydrogen-bond acceptors (Lipinski definition) is 0. The highest BCUT2D eigenvalue weighted by molar-refractivity contribution is 7.37. The molecule has 0 N–H and O–H groups in total. The molecule has 2 heteroatoms. The summed E-state index contributed by atoms with van der Waals surface area (Å²) in [5, 5.41) is 0. The van der Waals surface area contributed by atoms with Crippen molar-refractivity contribution in [2.24, 2.45) is 0 Å². The Morgan fingerprint density at radius 1 is 1.80 bits per heavy atom. The Balaban J connectivity index is 2.54. The summed E-state index contributed by atoms with van der Waals surface area (Å²) >= 11 is 0. The molecule has 0 aliphatic carbocycles. The van der Waals surface area contributed by atoms with Gasteiger partial charge < -0.3 is 0 Å². The molecule has 0 amide bonds. The van der Waals surface area contributed by atoms with Crippen LogP contribution >= 0.6 is 8.58 Å². The van der Waals surface area contributed by atoms with Crippen LogP contribution in [-0.2, 0) is 0 Å². The van der Waals surface area contributed by atoms with Gasteiger partial charge in [-0.25, -0.2) is 4.39 Å². The molecule has 0 aliphatic heterocycles. The topological polar surface area (TPSA) is 0 Å². The first-order chi connectivity index (χ1) is 2.27. The van der Waals surface area contributed by atoms with Crippen molar-refractivity contribution in [2.45, 2.75) is 12.8 Å². The molecule has 5 heavy (non-hydrogen) atoms. The van der Waals surface area contributed by atoms with Crippen molar-refractivity contribution >= 4 is 8.58 Å². The van der Waals surface area contributed by atoms with Crippen LogP contribution in [0.1, 0.15) is 6.92 Å². The van der Waals surface area contributed by atoms with E-state index >= 15 is 0 Å². The van der Waals surface area contributed by atoms with Crippen molar-refractivity contribution in [1.29, 1.82) is 0 Å². The summed E-state index contributed by atoms with van der Waals surface area (Å²) in [6, 6.07) is 0.